The summed E-state index contributed by atoms with van der Waals surface area (Å²) in [6, 6.07) is 19.8. The van der Waals surface area contributed by atoms with E-state index >= 15 is 0 Å². The lowest BCUT2D eigenvalue weighted by Gasteiger charge is -2.26. The second-order valence-corrected chi connectivity index (χ2v) is 7.04. The molecule has 0 aliphatic carbocycles. The Kier molecular flexibility index (Phi) is 3.55. The predicted molar refractivity (Wildman–Crippen MR) is 108 cm³/mol. The maximum atomic E-state index is 13.7. The van der Waals surface area contributed by atoms with Gasteiger partial charge in [0.15, 0.2) is 5.78 Å². The number of nitrogens with two attached hydrogens (primary N) is 1. The zero-order chi connectivity index (χ0) is 18.5. The van der Waals surface area contributed by atoms with Gasteiger partial charge in [-0.2, -0.15) is 0 Å². The molecule has 0 amide bonds. The molecule has 1 aromatic heterocycles. The van der Waals surface area contributed by atoms with Gasteiger partial charge in [-0.1, -0.05) is 54.6 Å². The van der Waals surface area contributed by atoms with Gasteiger partial charge in [0.25, 0.3) is 0 Å². The molecule has 1 aliphatic heterocycles. The van der Waals surface area contributed by atoms with E-state index in [1.807, 2.05) is 67.6 Å². The van der Waals surface area contributed by atoms with Crippen molar-refractivity contribution in [3.05, 3.63) is 77.5 Å². The predicted octanol–water partition coefficient (Wildman–Crippen LogP) is 4.23. The van der Waals surface area contributed by atoms with Gasteiger partial charge in [0.05, 0.1) is 17.1 Å². The van der Waals surface area contributed by atoms with Crippen LogP contribution in [0.5, 0.6) is 5.75 Å². The van der Waals surface area contributed by atoms with Crippen molar-refractivity contribution in [2.45, 2.75) is 13.0 Å². The van der Waals surface area contributed by atoms with Gasteiger partial charge < -0.3 is 15.0 Å². The second kappa shape index (κ2) is 5.96. The zero-order valence-corrected chi connectivity index (χ0v) is 15.1. The monoisotopic (exact) mass is 356 g/mol. The van der Waals surface area contributed by atoms with E-state index in [2.05, 4.69) is 4.57 Å². The summed E-state index contributed by atoms with van der Waals surface area (Å²) in [5.41, 5.74) is 9.38. The zero-order valence-electron chi connectivity index (χ0n) is 15.1. The van der Waals surface area contributed by atoms with Crippen LogP contribution >= 0.6 is 0 Å². The van der Waals surface area contributed by atoms with Crippen molar-refractivity contribution >= 4 is 27.5 Å². The van der Waals surface area contributed by atoms with Crippen LogP contribution < -0.4 is 10.5 Å². The molecule has 1 atom stereocenters. The lowest BCUT2D eigenvalue weighted by Crippen LogP contribution is -2.29. The molecule has 0 bridgehead atoms. The molecule has 4 nitrogen and oxygen atoms in total. The van der Waals surface area contributed by atoms with Crippen LogP contribution in [0.1, 0.15) is 27.7 Å². The summed E-state index contributed by atoms with van der Waals surface area (Å²) in [6.45, 7) is 3.01. The molecule has 27 heavy (non-hydrogen) atoms. The minimum atomic E-state index is 0.0384. The molecule has 5 rings (SSSR count). The van der Waals surface area contributed by atoms with Crippen LogP contribution in [0.4, 0.5) is 0 Å². The Labute approximate surface area is 157 Å². The number of rotatable bonds is 3. The van der Waals surface area contributed by atoms with Crippen LogP contribution in [0.15, 0.2) is 60.7 Å². The van der Waals surface area contributed by atoms with Gasteiger partial charge in [-0.05, 0) is 23.8 Å². The fourth-order valence-electron chi connectivity index (χ4n) is 4.31. The third-order valence-corrected chi connectivity index (χ3v) is 5.56. The maximum Gasteiger partial charge on any atom is 0.196 e. The number of nitrogens with zero attached hydrogens (tertiary/aromatic N) is 1. The van der Waals surface area contributed by atoms with E-state index in [-0.39, 0.29) is 11.8 Å². The molecule has 0 spiro atoms. The topological polar surface area (TPSA) is 57.2 Å². The average molecular weight is 356 g/mol. The summed E-state index contributed by atoms with van der Waals surface area (Å²) >= 11 is 0. The first-order valence-corrected chi connectivity index (χ1v) is 9.19. The second-order valence-electron chi connectivity index (χ2n) is 7.04. The van der Waals surface area contributed by atoms with Crippen LogP contribution in [0.3, 0.4) is 0 Å². The highest BCUT2D eigenvalue weighted by Gasteiger charge is 2.29. The molecular formula is C23H20N2O2. The summed E-state index contributed by atoms with van der Waals surface area (Å²) in [6.07, 6.45) is 0. The summed E-state index contributed by atoms with van der Waals surface area (Å²) in [5.74, 6) is 0.861. The molecule has 1 aliphatic rings. The van der Waals surface area contributed by atoms with Crippen LogP contribution in [-0.4, -0.2) is 23.5 Å². The molecular weight excluding hydrogens is 336 g/mol. The molecule has 0 saturated carbocycles. The minimum Gasteiger partial charge on any atom is -0.489 e. The van der Waals surface area contributed by atoms with Crippen molar-refractivity contribution in [2.24, 2.45) is 5.73 Å². The number of hydrogen-bond acceptors (Lipinski definition) is 3. The first-order chi connectivity index (χ1) is 13.2. The van der Waals surface area contributed by atoms with Gasteiger partial charge >= 0.3 is 0 Å². The number of para-hydroxylation sites is 1. The van der Waals surface area contributed by atoms with Gasteiger partial charge in [-0.25, -0.2) is 0 Å². The van der Waals surface area contributed by atoms with Gasteiger partial charge in [-0.3, -0.25) is 4.79 Å². The van der Waals surface area contributed by atoms with Crippen LogP contribution in [0.2, 0.25) is 0 Å². The maximum absolute atomic E-state index is 13.7. The SMILES string of the molecule is Cc1c(C(=O)c2cccc3ccccc23)c2cccc3c2n1C(CN)CO3. The Morgan fingerprint density at radius 3 is 2.67 bits per heavy atom. The van der Waals surface area contributed by atoms with Crippen molar-refractivity contribution in [3.8, 4) is 5.75 Å². The first kappa shape index (κ1) is 16.1. The standard InChI is InChI=1S/C23H20N2O2/c1-14-21(23(26)18-9-4-7-15-6-2-3-8-17(15)18)19-10-5-11-20-22(19)25(14)16(12-24)13-27-20/h2-11,16H,12-13,24H2,1H3. The van der Waals surface area contributed by atoms with Crippen molar-refractivity contribution in [1.82, 2.24) is 4.57 Å². The highest BCUT2D eigenvalue weighted by atomic mass is 16.5. The molecule has 4 aromatic rings. The Morgan fingerprint density at radius 1 is 1.07 bits per heavy atom. The van der Waals surface area contributed by atoms with Crippen LogP contribution in [0.25, 0.3) is 21.7 Å². The highest BCUT2D eigenvalue weighted by Crippen LogP contribution is 2.39. The van der Waals surface area contributed by atoms with E-state index < -0.39 is 0 Å². The third-order valence-electron chi connectivity index (χ3n) is 5.56. The summed E-state index contributed by atoms with van der Waals surface area (Å²) < 4.78 is 8.10. The van der Waals surface area contributed by atoms with Crippen molar-refractivity contribution < 1.29 is 9.53 Å². The number of ketones is 1. The molecule has 0 saturated heterocycles. The van der Waals surface area contributed by atoms with E-state index in [4.69, 9.17) is 10.5 Å². The van der Waals surface area contributed by atoms with Gasteiger partial charge in [0.2, 0.25) is 0 Å². The minimum absolute atomic E-state index is 0.0384. The quantitative estimate of drug-likeness (QED) is 0.559. The Hall–Kier alpha value is -3.11. The molecule has 4 heteroatoms. The van der Waals surface area contributed by atoms with E-state index in [1.165, 1.54) is 0 Å². The van der Waals surface area contributed by atoms with Gasteiger partial charge in [0, 0.05) is 23.2 Å². The fourth-order valence-corrected chi connectivity index (χ4v) is 4.31. The molecule has 2 heterocycles. The smallest absolute Gasteiger partial charge is 0.196 e. The van der Waals surface area contributed by atoms with Crippen molar-refractivity contribution in [2.75, 3.05) is 13.2 Å². The Balaban J connectivity index is 1.80. The number of benzene rings is 3. The number of carbonyl (C=O) groups is 1. The first-order valence-electron chi connectivity index (χ1n) is 9.19. The number of aromatic nitrogens is 1. The Bertz CT molecular complexity index is 1200. The van der Waals surface area contributed by atoms with Crippen molar-refractivity contribution in [1.29, 1.82) is 0 Å². The molecule has 0 radical (unpaired) electrons. The highest BCUT2D eigenvalue weighted by molar-refractivity contribution is 6.22. The number of fused-ring (bicyclic) bond motifs is 1. The molecule has 0 fully saturated rings. The molecule has 2 N–H and O–H groups in total. The van der Waals surface area contributed by atoms with E-state index in [9.17, 15) is 4.79 Å². The summed E-state index contributed by atoms with van der Waals surface area (Å²) in [4.78, 5) is 13.7. The molecule has 134 valence electrons. The molecule has 3 aromatic carbocycles. The van der Waals surface area contributed by atoms with Gasteiger partial charge in [-0.15, -0.1) is 0 Å². The van der Waals surface area contributed by atoms with E-state index in [0.29, 0.717) is 13.2 Å². The van der Waals surface area contributed by atoms with E-state index in [0.717, 1.165) is 44.2 Å². The largest absolute Gasteiger partial charge is 0.489 e. The summed E-state index contributed by atoms with van der Waals surface area (Å²) in [7, 11) is 0. The number of hydrogen-bond donors (Lipinski definition) is 1. The normalized spacial score (nSPS) is 15.9. The summed E-state index contributed by atoms with van der Waals surface area (Å²) in [5, 5.41) is 2.97. The van der Waals surface area contributed by atoms with Gasteiger partial charge in [0.1, 0.15) is 12.4 Å². The number of ether oxygens (including phenoxy) is 1. The van der Waals surface area contributed by atoms with E-state index in [1.54, 1.807) is 0 Å². The average Bonchev–Trinajstić information content (AvgIpc) is 3.01. The molecule has 1 unspecified atom stereocenters. The Morgan fingerprint density at radius 2 is 1.81 bits per heavy atom. The van der Waals surface area contributed by atoms with Crippen LogP contribution in [0, 0.1) is 6.92 Å². The lowest BCUT2D eigenvalue weighted by atomic mass is 9.95. The number of carbonyl (C=O) groups excluding carboxylic acids is 1. The van der Waals surface area contributed by atoms with Crippen LogP contribution in [-0.2, 0) is 0 Å². The lowest BCUT2D eigenvalue weighted by molar-refractivity contribution is 0.104. The third kappa shape index (κ3) is 2.23. The fraction of sp³-hybridized carbons (Fsp3) is 0.174. The van der Waals surface area contributed by atoms with Crippen molar-refractivity contribution in [3.63, 3.8) is 0 Å².